The van der Waals surface area contributed by atoms with Crippen molar-refractivity contribution in [1.82, 2.24) is 0 Å². The molecule has 0 saturated heterocycles. The van der Waals surface area contributed by atoms with E-state index in [2.05, 4.69) is 193 Å². The number of benzene rings is 6. The average Bonchev–Trinajstić information content (AvgIpc) is 3.03. The van der Waals surface area contributed by atoms with E-state index in [9.17, 15) is 14.4 Å². The summed E-state index contributed by atoms with van der Waals surface area (Å²) in [5.74, 6) is 2.85. The van der Waals surface area contributed by atoms with Crippen molar-refractivity contribution in [3.05, 3.63) is 135 Å². The van der Waals surface area contributed by atoms with Crippen molar-refractivity contribution in [1.29, 1.82) is 0 Å². The van der Waals surface area contributed by atoms with E-state index < -0.39 is 27.7 Å². The Balaban J connectivity index is 0.884. The van der Waals surface area contributed by atoms with Crippen LogP contribution in [0.4, 0.5) is 0 Å². The molecule has 0 N–H and O–H groups in total. The van der Waals surface area contributed by atoms with Gasteiger partial charge in [0, 0.05) is 37.2 Å². The fraction of sp³-hybridized carbons (Fsp3) is 0.435. The zero-order chi connectivity index (χ0) is 62.0. The number of carbonyl (C=O) groups is 3. The van der Waals surface area contributed by atoms with Gasteiger partial charge < -0.3 is 42.6 Å². The van der Waals surface area contributed by atoms with Crippen LogP contribution in [0.15, 0.2) is 112 Å². The Morgan fingerprint density at radius 3 is 1.01 bits per heavy atom. The molecule has 12 nitrogen and oxygen atoms in total. The maximum Gasteiger partial charge on any atom is 0.344 e. The van der Waals surface area contributed by atoms with Crippen molar-refractivity contribution in [2.45, 2.75) is 188 Å². The van der Waals surface area contributed by atoms with Crippen LogP contribution in [0.25, 0.3) is 11.1 Å². The number of fused-ring (bicyclic) bond motifs is 3. The van der Waals surface area contributed by atoms with E-state index in [1.54, 1.807) is 0 Å². The molecule has 0 bridgehead atoms. The van der Waals surface area contributed by atoms with E-state index >= 15 is 0 Å². The summed E-state index contributed by atoms with van der Waals surface area (Å²) in [5.41, 5.74) is 3.33. The molecule has 19 heteroatoms. The molecule has 1 aliphatic heterocycles. The van der Waals surface area contributed by atoms with Crippen LogP contribution in [0.5, 0.6) is 34.5 Å². The van der Waals surface area contributed by atoms with Crippen molar-refractivity contribution in [3.8, 4) is 45.6 Å². The van der Waals surface area contributed by atoms with Gasteiger partial charge in [-0.3, -0.25) is 0 Å². The smallest absolute Gasteiger partial charge is 0.344 e. The third-order valence-corrected chi connectivity index (χ3v) is 24.3. The highest BCUT2D eigenvalue weighted by atomic mass is 127. The highest BCUT2D eigenvalue weighted by Gasteiger charge is 2.37. The molecule has 10 rings (SSSR count). The number of thiol groups is 1. The molecule has 3 saturated carbocycles. The molecule has 4 aliphatic rings. The largest absolute Gasteiger partial charge is 0.489 e. The summed E-state index contributed by atoms with van der Waals surface area (Å²) in [7, 11) is -1.04. The Kier molecular flexibility index (Phi) is 24.4. The summed E-state index contributed by atoms with van der Waals surface area (Å²) in [4.78, 5) is 43.4. The van der Waals surface area contributed by atoms with Gasteiger partial charge in [-0.25, -0.2) is 14.4 Å². The van der Waals surface area contributed by atoms with E-state index in [1.165, 1.54) is 29.1 Å². The van der Waals surface area contributed by atoms with Gasteiger partial charge in [-0.2, -0.15) is 10.9 Å². The van der Waals surface area contributed by atoms with Gasteiger partial charge in [-0.15, -0.1) is 0 Å². The Morgan fingerprint density at radius 2 is 0.693 bits per heavy atom. The monoisotopic (exact) mass is 1890 g/mol. The van der Waals surface area contributed by atoms with Crippen LogP contribution in [-0.4, -0.2) is 54.5 Å². The van der Waals surface area contributed by atoms with Crippen LogP contribution < -0.4 is 28.4 Å². The lowest BCUT2D eigenvalue weighted by atomic mass is 9.83. The first-order valence-corrected chi connectivity index (χ1v) is 38.3. The summed E-state index contributed by atoms with van der Waals surface area (Å²) in [6.45, 7) is 6.40. The van der Waals surface area contributed by atoms with Crippen molar-refractivity contribution in [2.75, 3.05) is 19.8 Å². The molecule has 88 heavy (non-hydrogen) atoms. The van der Waals surface area contributed by atoms with Crippen LogP contribution >= 0.6 is 146 Å². The van der Waals surface area contributed by atoms with Crippen LogP contribution in [0.2, 0.25) is 0 Å². The lowest BCUT2D eigenvalue weighted by Gasteiger charge is -2.35. The molecule has 0 atom stereocenters. The van der Waals surface area contributed by atoms with Gasteiger partial charge in [0.1, 0.15) is 71.1 Å². The molecule has 0 spiro atoms. The molecule has 0 radical (unpaired) electrons. The molecule has 3 aliphatic carbocycles. The predicted octanol–water partition coefficient (Wildman–Crippen LogP) is 19.6. The normalized spacial score (nSPS) is 16.8. The van der Waals surface area contributed by atoms with Crippen LogP contribution in [0.3, 0.4) is 0 Å². The minimum Gasteiger partial charge on any atom is -0.489 e. The number of halogens is 6. The summed E-state index contributed by atoms with van der Waals surface area (Å²) in [5, 5.41) is 0. The summed E-state index contributed by atoms with van der Waals surface area (Å²) in [6.07, 6.45) is 17.6. The number of ether oxygens (including phenoxy) is 9. The molecular formula is C69H74I6O12S. The molecule has 6 aromatic rings. The number of esters is 3. The van der Waals surface area contributed by atoms with Crippen molar-refractivity contribution >= 4 is 164 Å². The standard InChI is InChI=1S/C69H74I6O12S/c1-4-67(24-10-7-11-25-67)85-61(76)41-82-64-44(30-47(70)33-56(64)73)38-79-50-16-20-53(21-17-50)88-59-22-18-51(80-39-45-31-48(71)34-57(74)65(45)83-42-62(77)86-68(5-2)26-12-8-13-27-68)36-54(59)55-37-52(19-23-60(55)88)81-40-46-32-49(72)35-58(75)66(46)84-43-63(78)87-69(6-3)28-14-9-15-29-69/h16-23,30-37,88H,4-15,24-29,38-43H2,1-3H3. The second-order valence-corrected chi connectivity index (χ2v) is 32.6. The third-order valence-electron chi connectivity index (χ3n) is 17.5. The van der Waals surface area contributed by atoms with E-state index in [-0.39, 0.29) is 57.5 Å². The Bertz CT molecular complexity index is 3320. The third kappa shape index (κ3) is 17.1. The molecule has 0 amide bonds. The van der Waals surface area contributed by atoms with E-state index in [1.807, 2.05) is 60.7 Å². The number of hydrogen-bond donors (Lipinski definition) is 1. The van der Waals surface area contributed by atoms with Crippen molar-refractivity contribution < 1.29 is 57.0 Å². The minimum absolute atomic E-state index is 0.171. The number of hydrogen-bond acceptors (Lipinski definition) is 12. The number of carbonyl (C=O) groups excluding carboxylic acids is 3. The lowest BCUT2D eigenvalue weighted by molar-refractivity contribution is -0.167. The van der Waals surface area contributed by atoms with Gasteiger partial charge in [0.2, 0.25) is 0 Å². The first-order valence-electron chi connectivity index (χ1n) is 30.5. The Morgan fingerprint density at radius 1 is 0.386 bits per heavy atom. The molecule has 0 unspecified atom stereocenters. The molecule has 6 aromatic carbocycles. The molecule has 1 heterocycles. The van der Waals surface area contributed by atoms with Crippen molar-refractivity contribution in [2.24, 2.45) is 0 Å². The Hall–Kier alpha value is -2.74. The fourth-order valence-corrected chi connectivity index (χ4v) is 21.6. The second-order valence-electron chi connectivity index (χ2n) is 23.3. The number of rotatable bonds is 25. The molecule has 3 fully saturated rings. The quantitative estimate of drug-likeness (QED) is 0.0253. The summed E-state index contributed by atoms with van der Waals surface area (Å²) in [6, 6.07) is 33.2. The van der Waals surface area contributed by atoms with E-state index in [4.69, 9.17) is 42.6 Å². The highest BCUT2D eigenvalue weighted by Crippen LogP contribution is 2.63. The SMILES string of the molecule is CCC1(OC(=O)COc2c(I)cc(I)cc2COc2ccc([SH]3c4ccc(OCc5cc(I)cc(I)c5OCC(=O)OC5(CC)CCCCC5)cc4-c4cc(OCc5cc(I)cc(I)c5OCC(=O)OC5(CC)CCCCC5)ccc43)cc2)CCCCC1. The van der Waals surface area contributed by atoms with E-state index in [0.717, 1.165) is 150 Å². The second kappa shape index (κ2) is 31.5. The minimum atomic E-state index is -1.04. The van der Waals surface area contributed by atoms with Gasteiger partial charge >= 0.3 is 17.9 Å². The van der Waals surface area contributed by atoms with Crippen molar-refractivity contribution in [3.63, 3.8) is 0 Å². The maximum absolute atomic E-state index is 13.4. The molecule has 470 valence electrons. The van der Waals surface area contributed by atoms with Gasteiger partial charge in [0.15, 0.2) is 19.8 Å². The van der Waals surface area contributed by atoms with E-state index in [0.29, 0.717) is 34.5 Å². The first kappa shape index (κ1) is 68.1. The van der Waals surface area contributed by atoms with Gasteiger partial charge in [-0.05, 0) is 345 Å². The highest BCUT2D eigenvalue weighted by molar-refractivity contribution is 14.1. The van der Waals surface area contributed by atoms with Crippen LogP contribution in [0.1, 0.15) is 153 Å². The molecular weight excluding hydrogens is 1810 g/mol. The van der Waals surface area contributed by atoms with Gasteiger partial charge in [-0.1, -0.05) is 40.0 Å². The zero-order valence-corrected chi connectivity index (χ0v) is 63.7. The summed E-state index contributed by atoms with van der Waals surface area (Å²) < 4.78 is 62.9. The van der Waals surface area contributed by atoms with Gasteiger partial charge in [0.25, 0.3) is 0 Å². The molecule has 0 aromatic heterocycles. The van der Waals surface area contributed by atoms with Crippen LogP contribution in [-0.2, 0) is 48.4 Å². The maximum atomic E-state index is 13.4. The van der Waals surface area contributed by atoms with Crippen LogP contribution in [0, 0.1) is 21.4 Å². The summed E-state index contributed by atoms with van der Waals surface area (Å²) >= 11 is 13.7. The first-order chi connectivity index (χ1) is 42.5. The average molecular weight is 1890 g/mol. The topological polar surface area (TPSA) is 134 Å². The zero-order valence-electron chi connectivity index (χ0n) is 49.8. The fourth-order valence-electron chi connectivity index (χ4n) is 12.6. The Labute approximate surface area is 602 Å². The lowest BCUT2D eigenvalue weighted by Crippen LogP contribution is -2.38. The van der Waals surface area contributed by atoms with Gasteiger partial charge in [0.05, 0.1) is 10.7 Å². The predicted molar refractivity (Wildman–Crippen MR) is 394 cm³/mol.